The molecule has 1 atom stereocenters. The topological polar surface area (TPSA) is 163 Å². The summed E-state index contributed by atoms with van der Waals surface area (Å²) in [6.45, 7) is 4.02. The summed E-state index contributed by atoms with van der Waals surface area (Å²) in [5.41, 5.74) is -0.672. The van der Waals surface area contributed by atoms with Gasteiger partial charge in [0.2, 0.25) is 10.0 Å². The van der Waals surface area contributed by atoms with Gasteiger partial charge in [0.05, 0.1) is 11.9 Å². The number of nitrogens with one attached hydrogen (secondary N) is 3. The van der Waals surface area contributed by atoms with Crippen LogP contribution in [-0.2, 0) is 30.4 Å². The monoisotopic (exact) mass is 624 g/mol. The number of aliphatic hydroxyl groups excluding tert-OH is 1. The van der Waals surface area contributed by atoms with E-state index in [0.717, 1.165) is 12.3 Å². The van der Waals surface area contributed by atoms with Crippen LogP contribution in [0, 0.1) is 5.92 Å². The van der Waals surface area contributed by atoms with Gasteiger partial charge in [-0.1, -0.05) is 56.3 Å². The van der Waals surface area contributed by atoms with Gasteiger partial charge in [-0.05, 0) is 54.7 Å². The summed E-state index contributed by atoms with van der Waals surface area (Å²) in [5, 5.41) is 17.6. The number of hydrogen-bond donors (Lipinski definition) is 4. The highest BCUT2D eigenvalue weighted by molar-refractivity contribution is 7.92. The molecule has 0 radical (unpaired) electrons. The van der Waals surface area contributed by atoms with Gasteiger partial charge in [0.1, 0.15) is 34.2 Å². The third-order valence-corrected chi connectivity index (χ3v) is 9.13. The van der Waals surface area contributed by atoms with E-state index in [2.05, 4.69) is 19.8 Å². The number of aliphatic hydroxyl groups is 1. The molecule has 13 heteroatoms. The molecule has 0 bridgehead atoms. The van der Waals surface area contributed by atoms with Gasteiger partial charge in [0, 0.05) is 11.3 Å². The molecule has 0 saturated heterocycles. The number of Topliss-reactive ketones (excluding diaryl/α,β-unsaturated/α-hetero) is 1. The number of fused-ring (bicyclic) bond motifs is 2. The fourth-order valence-corrected chi connectivity index (χ4v) is 6.88. The van der Waals surface area contributed by atoms with Crippen molar-refractivity contribution >= 4 is 48.8 Å². The van der Waals surface area contributed by atoms with Crippen LogP contribution in [0.2, 0.25) is 0 Å². The first-order valence-electron chi connectivity index (χ1n) is 13.6. The molecule has 3 aromatic carbocycles. The smallest absolute Gasteiger partial charge is 0.286 e. The van der Waals surface area contributed by atoms with Crippen molar-refractivity contribution in [1.29, 1.82) is 0 Å². The molecule has 2 aliphatic rings. The first kappa shape index (κ1) is 30.3. The van der Waals surface area contributed by atoms with Crippen LogP contribution in [0.5, 0.6) is 5.75 Å². The maximum atomic E-state index is 14.6. The molecule has 0 aromatic heterocycles. The van der Waals surface area contributed by atoms with Crippen LogP contribution in [0.25, 0.3) is 5.76 Å². The maximum absolute atomic E-state index is 14.6. The van der Waals surface area contributed by atoms with Gasteiger partial charge in [-0.3, -0.25) is 14.8 Å². The Labute approximate surface area is 250 Å². The number of amidine groups is 1. The Balaban J connectivity index is 1.59. The van der Waals surface area contributed by atoms with E-state index in [1.54, 1.807) is 36.4 Å². The van der Waals surface area contributed by atoms with E-state index in [4.69, 9.17) is 4.74 Å². The van der Waals surface area contributed by atoms with E-state index < -0.39 is 37.1 Å². The lowest BCUT2D eigenvalue weighted by atomic mass is 9.71. The molecular weight excluding hydrogens is 592 g/mol. The lowest BCUT2D eigenvalue weighted by molar-refractivity contribution is -0.122. The zero-order valence-electron chi connectivity index (χ0n) is 23.8. The normalized spacial score (nSPS) is 19.3. The number of ether oxygens (including phenoxy) is 1. The molecule has 3 aromatic rings. The molecule has 226 valence electrons. The van der Waals surface area contributed by atoms with Crippen LogP contribution < -0.4 is 20.1 Å². The second kappa shape index (κ2) is 11.5. The lowest BCUT2D eigenvalue weighted by Gasteiger charge is -2.40. The van der Waals surface area contributed by atoms with Gasteiger partial charge in [0.25, 0.3) is 10.0 Å². The molecule has 1 aliphatic heterocycles. The van der Waals surface area contributed by atoms with E-state index in [9.17, 15) is 26.7 Å². The second-order valence-corrected chi connectivity index (χ2v) is 14.2. The summed E-state index contributed by atoms with van der Waals surface area (Å²) in [6, 6.07) is 19.9. The van der Waals surface area contributed by atoms with E-state index in [1.165, 1.54) is 12.1 Å². The van der Waals surface area contributed by atoms with Crippen molar-refractivity contribution in [3.8, 4) is 5.75 Å². The highest BCUT2D eigenvalue weighted by Gasteiger charge is 2.49. The number of ketones is 1. The zero-order chi connectivity index (χ0) is 31.0. The molecule has 0 spiro atoms. The number of sulfonamides is 2. The highest BCUT2D eigenvalue weighted by Crippen LogP contribution is 2.43. The molecule has 1 aliphatic carbocycles. The van der Waals surface area contributed by atoms with Crippen molar-refractivity contribution in [2.24, 2.45) is 10.3 Å². The van der Waals surface area contributed by atoms with Crippen molar-refractivity contribution < 1.29 is 31.5 Å². The predicted octanol–water partition coefficient (Wildman–Crippen LogP) is 4.38. The molecular formula is C30H32N4O7S2. The molecule has 11 nitrogen and oxygen atoms in total. The van der Waals surface area contributed by atoms with E-state index >= 15 is 0 Å². The molecule has 5 rings (SSSR count). The summed E-state index contributed by atoms with van der Waals surface area (Å²) in [4.78, 5) is 14.3. The number of rotatable bonds is 10. The second-order valence-electron chi connectivity index (χ2n) is 10.8. The van der Waals surface area contributed by atoms with Crippen molar-refractivity contribution in [2.45, 2.75) is 37.1 Å². The van der Waals surface area contributed by atoms with Crippen LogP contribution in [0.4, 0.5) is 11.4 Å². The molecule has 0 saturated carbocycles. The summed E-state index contributed by atoms with van der Waals surface area (Å²) in [7, 11) is -8.08. The first-order chi connectivity index (χ1) is 20.3. The number of para-hydroxylation sites is 1. The van der Waals surface area contributed by atoms with E-state index in [0.29, 0.717) is 29.7 Å². The Morgan fingerprint density at radius 3 is 2.44 bits per heavy atom. The fraction of sp³-hybridized carbons (Fsp3) is 0.267. The standard InChI is InChI=1S/C30H32N4O7S2/c1-19(2)15-16-30(31-18-41-21-9-5-4-6-10-21)23-12-8-7-11-22(23)27(35)26(28(30)36)29-32-24-14-13-20(33-42(3,37)38)17-25(24)43(39,40)34-29/h4-14,17,19,31,33,35H,15-16,18H2,1-3H3,(H,32,34). The minimum absolute atomic E-state index is 0.0327. The van der Waals surface area contributed by atoms with Crippen LogP contribution in [-0.4, -0.2) is 46.5 Å². The Hall–Kier alpha value is -4.20. The lowest BCUT2D eigenvalue weighted by Crippen LogP contribution is -2.55. The Morgan fingerprint density at radius 2 is 1.74 bits per heavy atom. The Morgan fingerprint density at radius 1 is 1.05 bits per heavy atom. The van der Waals surface area contributed by atoms with E-state index in [-0.39, 0.29) is 40.3 Å². The van der Waals surface area contributed by atoms with Crippen LogP contribution in [0.1, 0.15) is 37.8 Å². The minimum Gasteiger partial charge on any atom is -0.506 e. The van der Waals surface area contributed by atoms with Gasteiger partial charge >= 0.3 is 0 Å². The number of anilines is 2. The van der Waals surface area contributed by atoms with Gasteiger partial charge in [-0.15, -0.1) is 4.40 Å². The zero-order valence-corrected chi connectivity index (χ0v) is 25.4. The van der Waals surface area contributed by atoms with Crippen LogP contribution in [0.3, 0.4) is 0 Å². The predicted molar refractivity (Wildman–Crippen MR) is 165 cm³/mol. The summed E-state index contributed by atoms with van der Waals surface area (Å²) >= 11 is 0. The fourth-order valence-electron chi connectivity index (χ4n) is 5.18. The van der Waals surface area contributed by atoms with Crippen molar-refractivity contribution in [3.63, 3.8) is 0 Å². The number of carbonyl (C=O) groups excluding carboxylic acids is 1. The number of nitrogens with zero attached hydrogens (tertiary/aromatic N) is 1. The third-order valence-electron chi connectivity index (χ3n) is 7.21. The Kier molecular flexibility index (Phi) is 8.07. The Bertz CT molecular complexity index is 1850. The van der Waals surface area contributed by atoms with Crippen LogP contribution >= 0.6 is 0 Å². The molecule has 4 N–H and O–H groups in total. The quantitative estimate of drug-likeness (QED) is 0.240. The van der Waals surface area contributed by atoms with Crippen molar-refractivity contribution in [3.05, 3.63) is 89.5 Å². The molecule has 43 heavy (non-hydrogen) atoms. The third kappa shape index (κ3) is 6.14. The van der Waals surface area contributed by atoms with Crippen molar-refractivity contribution in [2.75, 3.05) is 23.0 Å². The average molecular weight is 625 g/mol. The van der Waals surface area contributed by atoms with Gasteiger partial charge in [0.15, 0.2) is 11.6 Å². The molecule has 1 unspecified atom stereocenters. The number of benzene rings is 3. The molecule has 0 fully saturated rings. The summed E-state index contributed by atoms with van der Waals surface area (Å²) in [5.74, 6) is -0.500. The molecule has 0 amide bonds. The summed E-state index contributed by atoms with van der Waals surface area (Å²) in [6.07, 6.45) is 1.90. The number of carbonyl (C=O) groups is 1. The van der Waals surface area contributed by atoms with Gasteiger partial charge < -0.3 is 15.2 Å². The van der Waals surface area contributed by atoms with Crippen LogP contribution in [0.15, 0.2) is 87.7 Å². The largest absolute Gasteiger partial charge is 0.506 e. The molecule has 1 heterocycles. The van der Waals surface area contributed by atoms with Gasteiger partial charge in [-0.25, -0.2) is 8.42 Å². The van der Waals surface area contributed by atoms with Crippen molar-refractivity contribution in [1.82, 2.24) is 5.32 Å². The highest BCUT2D eigenvalue weighted by atomic mass is 32.2. The number of hydrogen-bond acceptors (Lipinski definition) is 9. The SMILES string of the molecule is CC(C)CCC1(NCOc2ccccc2)C(=O)C(C2=NS(=O)(=O)c3cc(NS(C)(=O)=O)ccc3N2)=C(O)c2ccccc21. The van der Waals surface area contributed by atoms with Gasteiger partial charge in [-0.2, -0.15) is 8.42 Å². The first-order valence-corrected chi connectivity index (χ1v) is 16.9. The van der Waals surface area contributed by atoms with E-state index in [1.807, 2.05) is 32.0 Å². The average Bonchev–Trinajstić information content (AvgIpc) is 2.94. The minimum atomic E-state index is -4.41. The summed E-state index contributed by atoms with van der Waals surface area (Å²) < 4.78 is 62.1. The maximum Gasteiger partial charge on any atom is 0.286 e.